The average molecular weight is 483 g/mol. The first kappa shape index (κ1) is 23.2. The Morgan fingerprint density at radius 3 is 2.50 bits per heavy atom. The lowest BCUT2D eigenvalue weighted by molar-refractivity contribution is 0.415. The summed E-state index contributed by atoms with van der Waals surface area (Å²) in [6.45, 7) is 3.52. The number of aromatic amines is 1. The van der Waals surface area contributed by atoms with Crippen molar-refractivity contribution in [3.05, 3.63) is 48.4 Å². The molecule has 34 heavy (non-hydrogen) atoms. The predicted octanol–water partition coefficient (Wildman–Crippen LogP) is 3.22. The van der Waals surface area contributed by atoms with Crippen molar-refractivity contribution >= 4 is 33.1 Å². The molecule has 0 bridgehead atoms. The fourth-order valence-corrected chi connectivity index (χ4v) is 4.25. The molecule has 178 valence electrons. The lowest BCUT2D eigenvalue weighted by Gasteiger charge is -2.21. The number of hydrogen-bond donors (Lipinski definition) is 2. The second-order valence-corrected chi connectivity index (χ2v) is 9.95. The number of rotatable bonds is 8. The van der Waals surface area contributed by atoms with E-state index in [1.54, 1.807) is 61.1 Å². The molecule has 0 aliphatic rings. The predicted molar refractivity (Wildman–Crippen MR) is 130 cm³/mol. The fraction of sp³-hybridized carbons (Fsp3) is 0.273. The highest BCUT2D eigenvalue weighted by atomic mass is 32.2. The second kappa shape index (κ2) is 9.14. The molecule has 0 aliphatic carbocycles. The highest BCUT2D eigenvalue weighted by molar-refractivity contribution is 7.91. The molecule has 0 radical (unpaired) electrons. The summed E-state index contributed by atoms with van der Waals surface area (Å²) in [5.41, 5.74) is 2.91. The van der Waals surface area contributed by atoms with Crippen LogP contribution in [0.4, 0.5) is 23.3 Å². The Labute approximate surface area is 197 Å². The summed E-state index contributed by atoms with van der Waals surface area (Å²) in [7, 11) is 1.89. The quantitative estimate of drug-likeness (QED) is 0.388. The molecule has 0 unspecified atom stereocenters. The van der Waals surface area contributed by atoms with Crippen LogP contribution < -0.4 is 15.0 Å². The number of aromatic nitrogens is 6. The van der Waals surface area contributed by atoms with Gasteiger partial charge in [-0.25, -0.2) is 13.4 Å². The first-order chi connectivity index (χ1) is 16.2. The van der Waals surface area contributed by atoms with Crippen molar-refractivity contribution in [2.75, 3.05) is 30.1 Å². The highest BCUT2D eigenvalue weighted by Gasteiger charge is 2.21. The number of methoxy groups -OCH3 is 1. The van der Waals surface area contributed by atoms with E-state index in [9.17, 15) is 8.42 Å². The third-order valence-electron chi connectivity index (χ3n) is 5.25. The Balaban J connectivity index is 1.80. The summed E-state index contributed by atoms with van der Waals surface area (Å²) >= 11 is 0. The van der Waals surface area contributed by atoms with Crippen molar-refractivity contribution in [3.63, 3.8) is 0 Å². The Morgan fingerprint density at radius 2 is 1.94 bits per heavy atom. The van der Waals surface area contributed by atoms with Crippen LogP contribution in [0.5, 0.6) is 5.75 Å². The van der Waals surface area contributed by atoms with E-state index in [-0.39, 0.29) is 10.6 Å². The zero-order valence-corrected chi connectivity index (χ0v) is 20.4. The number of sulfone groups is 1. The molecular weight excluding hydrogens is 456 g/mol. The van der Waals surface area contributed by atoms with E-state index in [2.05, 4.69) is 25.6 Å². The molecule has 1 aromatic carbocycles. The van der Waals surface area contributed by atoms with Crippen LogP contribution in [0.25, 0.3) is 11.3 Å². The maximum Gasteiger partial charge on any atom is 0.232 e. The van der Waals surface area contributed by atoms with Crippen LogP contribution in [0.1, 0.15) is 12.6 Å². The maximum absolute atomic E-state index is 12.2. The summed E-state index contributed by atoms with van der Waals surface area (Å²) in [6.07, 6.45) is 3.53. The minimum Gasteiger partial charge on any atom is -0.491 e. The molecule has 0 fully saturated rings. The number of nitrogens with zero attached hydrogens (tertiary/aromatic N) is 6. The van der Waals surface area contributed by atoms with Gasteiger partial charge in [0.05, 0.1) is 24.0 Å². The maximum atomic E-state index is 12.2. The van der Waals surface area contributed by atoms with Crippen molar-refractivity contribution in [2.45, 2.75) is 18.7 Å². The molecule has 12 heteroatoms. The topological polar surface area (TPSA) is 131 Å². The summed E-state index contributed by atoms with van der Waals surface area (Å²) in [4.78, 5) is 11.5. The number of anilines is 4. The normalized spacial score (nSPS) is 11.4. The van der Waals surface area contributed by atoms with Gasteiger partial charge in [-0.1, -0.05) is 6.92 Å². The van der Waals surface area contributed by atoms with Gasteiger partial charge in [0.15, 0.2) is 27.2 Å². The number of ether oxygens (including phenoxy) is 1. The van der Waals surface area contributed by atoms with Gasteiger partial charge in [0.25, 0.3) is 0 Å². The van der Waals surface area contributed by atoms with Crippen LogP contribution in [0, 0.1) is 6.92 Å². The van der Waals surface area contributed by atoms with E-state index >= 15 is 0 Å². The SMILES string of the molecule is CCS(=O)(=O)c1ccc(N(C)c2nc(Nc3cc(C)[nH]n3)c(OC)c(-c3cnn(C)c3)n2)cc1. The van der Waals surface area contributed by atoms with Crippen LogP contribution in [-0.2, 0) is 16.9 Å². The lowest BCUT2D eigenvalue weighted by atomic mass is 10.2. The molecular formula is C22H26N8O3S. The third kappa shape index (κ3) is 4.57. The number of H-pyrrole nitrogens is 1. The second-order valence-electron chi connectivity index (χ2n) is 7.67. The monoisotopic (exact) mass is 482 g/mol. The van der Waals surface area contributed by atoms with Crippen LogP contribution in [0.3, 0.4) is 0 Å². The smallest absolute Gasteiger partial charge is 0.232 e. The molecule has 3 heterocycles. The summed E-state index contributed by atoms with van der Waals surface area (Å²) < 4.78 is 31.7. The zero-order valence-electron chi connectivity index (χ0n) is 19.6. The van der Waals surface area contributed by atoms with Gasteiger partial charge in [-0.15, -0.1) is 0 Å². The van der Waals surface area contributed by atoms with Crippen molar-refractivity contribution in [1.82, 2.24) is 29.9 Å². The van der Waals surface area contributed by atoms with Crippen molar-refractivity contribution in [1.29, 1.82) is 0 Å². The minimum atomic E-state index is -3.29. The Bertz CT molecular complexity index is 1410. The van der Waals surface area contributed by atoms with Gasteiger partial charge in [0.1, 0.15) is 5.69 Å². The summed E-state index contributed by atoms with van der Waals surface area (Å²) in [5.74, 6) is 1.86. The summed E-state index contributed by atoms with van der Waals surface area (Å²) in [6, 6.07) is 8.47. The molecule has 4 rings (SSSR count). The molecule has 2 N–H and O–H groups in total. The number of hydrogen-bond acceptors (Lipinski definition) is 9. The molecule has 0 spiro atoms. The van der Waals surface area contributed by atoms with Crippen molar-refractivity contribution in [2.24, 2.45) is 7.05 Å². The van der Waals surface area contributed by atoms with Crippen LogP contribution in [-0.4, -0.2) is 58.3 Å². The molecule has 4 aromatic rings. The molecule has 3 aromatic heterocycles. The largest absolute Gasteiger partial charge is 0.491 e. The Hall–Kier alpha value is -3.93. The van der Waals surface area contributed by atoms with Gasteiger partial charge >= 0.3 is 0 Å². The molecule has 0 aliphatic heterocycles. The first-order valence-electron chi connectivity index (χ1n) is 10.5. The van der Waals surface area contributed by atoms with Crippen molar-refractivity contribution in [3.8, 4) is 17.0 Å². The van der Waals surface area contributed by atoms with Crippen LogP contribution in [0.15, 0.2) is 47.6 Å². The molecule has 0 saturated carbocycles. The lowest BCUT2D eigenvalue weighted by Crippen LogP contribution is -2.15. The van der Waals surface area contributed by atoms with E-state index in [0.717, 1.165) is 16.9 Å². The molecule has 0 amide bonds. The highest BCUT2D eigenvalue weighted by Crippen LogP contribution is 2.37. The number of aryl methyl sites for hydroxylation is 2. The number of nitrogens with one attached hydrogen (secondary N) is 2. The minimum absolute atomic E-state index is 0.0416. The van der Waals surface area contributed by atoms with Gasteiger partial charge in [0.2, 0.25) is 5.95 Å². The summed E-state index contributed by atoms with van der Waals surface area (Å²) in [5, 5.41) is 14.6. The fourth-order valence-electron chi connectivity index (χ4n) is 3.37. The van der Waals surface area contributed by atoms with Gasteiger partial charge in [-0.05, 0) is 31.2 Å². The van der Waals surface area contributed by atoms with Gasteiger partial charge < -0.3 is 15.0 Å². The van der Waals surface area contributed by atoms with Crippen LogP contribution >= 0.6 is 0 Å². The molecule has 0 atom stereocenters. The first-order valence-corrected chi connectivity index (χ1v) is 12.2. The van der Waals surface area contributed by atoms with Gasteiger partial charge in [0, 0.05) is 43.3 Å². The van der Waals surface area contributed by atoms with E-state index in [1.807, 2.05) is 26.2 Å². The van der Waals surface area contributed by atoms with Gasteiger partial charge in [-0.3, -0.25) is 9.78 Å². The molecule has 0 saturated heterocycles. The third-order valence-corrected chi connectivity index (χ3v) is 7.00. The van der Waals surface area contributed by atoms with Crippen LogP contribution in [0.2, 0.25) is 0 Å². The number of benzene rings is 1. The van der Waals surface area contributed by atoms with E-state index in [0.29, 0.717) is 29.0 Å². The average Bonchev–Trinajstić information content (AvgIpc) is 3.45. The Kier molecular flexibility index (Phi) is 6.24. The van der Waals surface area contributed by atoms with E-state index < -0.39 is 9.84 Å². The van der Waals surface area contributed by atoms with E-state index in [1.165, 1.54) is 0 Å². The van der Waals surface area contributed by atoms with E-state index in [4.69, 9.17) is 9.72 Å². The standard InChI is InChI=1S/C22H26N8O3S/c1-6-34(31,32)17-9-7-16(8-10-17)30(4)22-25-19(15-12-23-29(3)13-15)20(33-5)21(26-22)24-18-11-14(2)27-28-18/h7-13H,6H2,1-5H3,(H2,24,25,26,27,28). The molecule has 11 nitrogen and oxygen atoms in total. The Morgan fingerprint density at radius 1 is 1.21 bits per heavy atom. The zero-order chi connectivity index (χ0) is 24.5. The van der Waals surface area contributed by atoms with Crippen molar-refractivity contribution < 1.29 is 13.2 Å². The van der Waals surface area contributed by atoms with Gasteiger partial charge in [-0.2, -0.15) is 15.2 Å².